The molecule has 0 bridgehead atoms. The van der Waals surface area contributed by atoms with Gasteiger partial charge in [0.2, 0.25) is 0 Å². The molecule has 18 heavy (non-hydrogen) atoms. The number of ether oxygens (including phenoxy) is 2. The molecule has 0 atom stereocenters. The molecular weight excluding hydrogens is 269 g/mol. The smallest absolute Gasteiger partial charge is 0.342 e. The molecule has 0 aliphatic rings. The van der Waals surface area contributed by atoms with Crippen LogP contribution in [0.4, 0.5) is 13.2 Å². The Hall–Kier alpha value is -1.21. The Kier molecular flexibility index (Phi) is 5.03. The van der Waals surface area contributed by atoms with Crippen LogP contribution < -0.4 is 0 Å². The molecule has 0 heterocycles. The molecule has 0 saturated heterocycles. The van der Waals surface area contributed by atoms with Crippen LogP contribution in [0.5, 0.6) is 0 Å². The second-order valence-corrected chi connectivity index (χ2v) is 4.07. The zero-order valence-corrected chi connectivity index (χ0v) is 10.8. The summed E-state index contributed by atoms with van der Waals surface area (Å²) in [6.45, 7) is -0.427. The third-order valence-corrected chi connectivity index (χ3v) is 3.04. The Balaban J connectivity index is 3.59. The molecule has 0 radical (unpaired) electrons. The summed E-state index contributed by atoms with van der Waals surface area (Å²) in [5, 5.41) is 0. The van der Waals surface area contributed by atoms with Gasteiger partial charge in [0.15, 0.2) is 11.6 Å². The predicted molar refractivity (Wildman–Crippen MR) is 60.1 cm³/mol. The van der Waals surface area contributed by atoms with Gasteiger partial charge in [-0.2, -0.15) is 0 Å². The number of rotatable bonds is 4. The van der Waals surface area contributed by atoms with Crippen molar-refractivity contribution in [3.8, 4) is 0 Å². The van der Waals surface area contributed by atoms with Gasteiger partial charge in [-0.3, -0.25) is 0 Å². The van der Waals surface area contributed by atoms with Crippen LogP contribution in [0.2, 0.25) is 0 Å². The second kappa shape index (κ2) is 6.10. The number of carbonyl (C=O) groups excluding carboxylic acids is 1. The fourth-order valence-electron chi connectivity index (χ4n) is 1.43. The number of benzene rings is 1. The largest absolute Gasteiger partial charge is 0.465 e. The van der Waals surface area contributed by atoms with Crippen LogP contribution in [-0.4, -0.2) is 26.4 Å². The van der Waals surface area contributed by atoms with Crippen LogP contribution in [0, 0.1) is 17.5 Å². The molecule has 0 aliphatic carbocycles. The summed E-state index contributed by atoms with van der Waals surface area (Å²) in [5.74, 6) is -5.01. The van der Waals surface area contributed by atoms with Crippen LogP contribution in [0.15, 0.2) is 4.90 Å². The average molecular weight is 280 g/mol. The molecular formula is C11H11F3O3S. The van der Waals surface area contributed by atoms with E-state index in [2.05, 4.69) is 9.47 Å². The normalized spacial score (nSPS) is 10.6. The zero-order valence-electron chi connectivity index (χ0n) is 9.97. The van der Waals surface area contributed by atoms with Gasteiger partial charge in [0, 0.05) is 7.11 Å². The van der Waals surface area contributed by atoms with E-state index in [1.54, 1.807) is 0 Å². The molecule has 3 nitrogen and oxygen atoms in total. The molecule has 0 aromatic heterocycles. The van der Waals surface area contributed by atoms with Gasteiger partial charge in [-0.25, -0.2) is 18.0 Å². The third-order valence-electron chi connectivity index (χ3n) is 2.25. The van der Waals surface area contributed by atoms with E-state index in [0.29, 0.717) is 0 Å². The molecule has 1 aromatic rings. The summed E-state index contributed by atoms with van der Waals surface area (Å²) < 4.78 is 50.2. The summed E-state index contributed by atoms with van der Waals surface area (Å²) >= 11 is 0.791. The van der Waals surface area contributed by atoms with E-state index in [1.807, 2.05) is 0 Å². The monoisotopic (exact) mass is 280 g/mol. The van der Waals surface area contributed by atoms with E-state index in [0.717, 1.165) is 18.9 Å². The van der Waals surface area contributed by atoms with Crippen molar-refractivity contribution in [1.29, 1.82) is 0 Å². The minimum atomic E-state index is -1.44. The van der Waals surface area contributed by atoms with Gasteiger partial charge in [-0.15, -0.1) is 11.8 Å². The van der Waals surface area contributed by atoms with E-state index in [1.165, 1.54) is 13.4 Å². The van der Waals surface area contributed by atoms with E-state index in [4.69, 9.17) is 0 Å². The molecule has 0 fully saturated rings. The standard InChI is InChI=1S/C11H11F3O3S/c1-16-4-5-7(12)9(14)6(11(15)17-2)10(18-3)8(5)13/h4H2,1-3H3. The highest BCUT2D eigenvalue weighted by Crippen LogP contribution is 2.32. The zero-order chi connectivity index (χ0) is 13.9. The molecule has 0 aliphatic heterocycles. The van der Waals surface area contributed by atoms with Crippen molar-refractivity contribution in [2.24, 2.45) is 0 Å². The lowest BCUT2D eigenvalue weighted by Crippen LogP contribution is -2.13. The lowest BCUT2D eigenvalue weighted by molar-refractivity contribution is 0.0588. The van der Waals surface area contributed by atoms with Crippen LogP contribution in [0.25, 0.3) is 0 Å². The lowest BCUT2D eigenvalue weighted by Gasteiger charge is -2.13. The summed E-state index contributed by atoms with van der Waals surface area (Å²) in [7, 11) is 2.23. The number of carbonyl (C=O) groups is 1. The Morgan fingerprint density at radius 3 is 2.22 bits per heavy atom. The van der Waals surface area contributed by atoms with Crippen molar-refractivity contribution < 1.29 is 27.4 Å². The second-order valence-electron chi connectivity index (χ2n) is 3.25. The third kappa shape index (κ3) is 2.46. The maximum atomic E-state index is 13.9. The van der Waals surface area contributed by atoms with E-state index >= 15 is 0 Å². The highest BCUT2D eigenvalue weighted by atomic mass is 32.2. The highest BCUT2D eigenvalue weighted by Gasteiger charge is 2.28. The number of thioether (sulfide) groups is 1. The molecule has 1 aromatic carbocycles. The molecule has 0 N–H and O–H groups in total. The predicted octanol–water partition coefficient (Wildman–Crippen LogP) is 2.76. The molecule has 0 spiro atoms. The lowest BCUT2D eigenvalue weighted by atomic mass is 10.1. The Labute approximate surface area is 106 Å². The van der Waals surface area contributed by atoms with E-state index < -0.39 is 41.2 Å². The van der Waals surface area contributed by atoms with Gasteiger partial charge in [0.1, 0.15) is 11.4 Å². The molecule has 0 saturated carbocycles. The first-order chi connectivity index (χ1) is 8.49. The summed E-state index contributed by atoms with van der Waals surface area (Å²) in [6, 6.07) is 0. The van der Waals surface area contributed by atoms with Gasteiger partial charge in [-0.05, 0) is 6.26 Å². The van der Waals surface area contributed by atoms with Crippen LogP contribution in [0.3, 0.4) is 0 Å². The quantitative estimate of drug-likeness (QED) is 0.482. The fraction of sp³-hybridized carbons (Fsp3) is 0.364. The fourth-order valence-corrected chi connectivity index (χ4v) is 2.11. The van der Waals surface area contributed by atoms with Crippen molar-refractivity contribution in [3.05, 3.63) is 28.6 Å². The minimum absolute atomic E-state index is 0.298. The summed E-state index contributed by atoms with van der Waals surface area (Å²) in [4.78, 5) is 11.0. The van der Waals surface area contributed by atoms with Crippen LogP contribution >= 0.6 is 11.8 Å². The first kappa shape index (κ1) is 14.8. The SMILES string of the molecule is COCc1c(F)c(F)c(C(=O)OC)c(SC)c1F. The maximum absolute atomic E-state index is 13.9. The molecule has 7 heteroatoms. The van der Waals surface area contributed by atoms with E-state index in [-0.39, 0.29) is 4.90 Å². The van der Waals surface area contributed by atoms with Gasteiger partial charge >= 0.3 is 5.97 Å². The van der Waals surface area contributed by atoms with Gasteiger partial charge in [0.25, 0.3) is 0 Å². The van der Waals surface area contributed by atoms with Crippen molar-refractivity contribution in [2.45, 2.75) is 11.5 Å². The number of esters is 1. The number of hydrogen-bond acceptors (Lipinski definition) is 4. The molecule has 0 amide bonds. The maximum Gasteiger partial charge on any atom is 0.342 e. The Morgan fingerprint density at radius 2 is 1.78 bits per heavy atom. The summed E-state index contributed by atoms with van der Waals surface area (Å²) in [6.07, 6.45) is 1.44. The first-order valence-electron chi connectivity index (χ1n) is 4.80. The number of hydrogen-bond donors (Lipinski definition) is 0. The van der Waals surface area contributed by atoms with Crippen LogP contribution in [-0.2, 0) is 16.1 Å². The van der Waals surface area contributed by atoms with Gasteiger partial charge < -0.3 is 9.47 Å². The number of halogens is 3. The first-order valence-corrected chi connectivity index (χ1v) is 6.02. The molecule has 1 rings (SSSR count). The highest BCUT2D eigenvalue weighted by molar-refractivity contribution is 7.98. The van der Waals surface area contributed by atoms with Crippen LogP contribution in [0.1, 0.15) is 15.9 Å². The summed E-state index contributed by atoms with van der Waals surface area (Å²) in [5.41, 5.74) is -1.29. The van der Waals surface area contributed by atoms with Crippen molar-refractivity contribution in [2.75, 3.05) is 20.5 Å². The molecule has 0 unspecified atom stereocenters. The average Bonchev–Trinajstić information content (AvgIpc) is 2.37. The van der Waals surface area contributed by atoms with Crippen molar-refractivity contribution in [3.63, 3.8) is 0 Å². The van der Waals surface area contributed by atoms with Crippen molar-refractivity contribution >= 4 is 17.7 Å². The Morgan fingerprint density at radius 1 is 1.17 bits per heavy atom. The van der Waals surface area contributed by atoms with Gasteiger partial charge in [0.05, 0.1) is 24.2 Å². The Bertz CT molecular complexity index is 477. The van der Waals surface area contributed by atoms with Crippen molar-refractivity contribution in [1.82, 2.24) is 0 Å². The minimum Gasteiger partial charge on any atom is -0.465 e. The molecule has 100 valence electrons. The van der Waals surface area contributed by atoms with E-state index in [9.17, 15) is 18.0 Å². The topological polar surface area (TPSA) is 35.5 Å². The number of methoxy groups -OCH3 is 2. The van der Waals surface area contributed by atoms with Gasteiger partial charge in [-0.1, -0.05) is 0 Å².